The van der Waals surface area contributed by atoms with E-state index < -0.39 is 0 Å². The summed E-state index contributed by atoms with van der Waals surface area (Å²) in [5, 5.41) is 6.90. The fourth-order valence-electron chi connectivity index (χ4n) is 2.92. The summed E-state index contributed by atoms with van der Waals surface area (Å²) in [7, 11) is 1.78. The van der Waals surface area contributed by atoms with Crippen molar-refractivity contribution in [2.24, 2.45) is 5.92 Å². The minimum Gasteiger partial charge on any atom is -0.366 e. The Bertz CT molecular complexity index is 573. The van der Waals surface area contributed by atoms with E-state index in [1.807, 2.05) is 6.92 Å². The van der Waals surface area contributed by atoms with Crippen molar-refractivity contribution in [1.82, 2.24) is 25.0 Å². The van der Waals surface area contributed by atoms with Crippen LogP contribution in [0, 0.1) is 12.8 Å². The molecule has 0 unspecified atom stereocenters. The number of aryl methyl sites for hydroxylation is 1. The number of hydrogen-bond acceptors (Lipinski definition) is 5. The molecule has 0 radical (unpaired) electrons. The number of nitrogens with zero attached hydrogens (tertiary/aromatic N) is 4. The third-order valence-electron chi connectivity index (χ3n) is 4.29. The smallest absolute Gasteiger partial charge is 0.226 e. The fourth-order valence-corrected chi connectivity index (χ4v) is 2.92. The van der Waals surface area contributed by atoms with Gasteiger partial charge in [-0.25, -0.2) is 4.98 Å². The molecular weight excluding hydrogens is 286 g/mol. The van der Waals surface area contributed by atoms with E-state index in [0.29, 0.717) is 38.5 Å². The topological polar surface area (TPSA) is 91.4 Å². The summed E-state index contributed by atoms with van der Waals surface area (Å²) in [6, 6.07) is 0. The molecule has 1 aromatic rings. The Morgan fingerprint density at radius 2 is 2.23 bits per heavy atom. The molecular formula is C14H21N5O3. The molecule has 8 nitrogen and oxygen atoms in total. The van der Waals surface area contributed by atoms with Gasteiger partial charge in [-0.15, -0.1) is 0 Å². The van der Waals surface area contributed by atoms with E-state index in [0.717, 1.165) is 12.2 Å². The number of carbonyl (C=O) groups excluding carboxylic acids is 2. The highest BCUT2D eigenvalue weighted by Gasteiger charge is 2.35. The lowest BCUT2D eigenvalue weighted by Crippen LogP contribution is -2.48. The number of rotatable bonds is 2. The lowest BCUT2D eigenvalue weighted by Gasteiger charge is -2.36. The van der Waals surface area contributed by atoms with Gasteiger partial charge >= 0.3 is 0 Å². The van der Waals surface area contributed by atoms with E-state index >= 15 is 0 Å². The first-order valence-corrected chi connectivity index (χ1v) is 7.58. The second-order valence-corrected chi connectivity index (χ2v) is 5.93. The monoisotopic (exact) mass is 307 g/mol. The molecule has 3 heterocycles. The first-order valence-electron chi connectivity index (χ1n) is 7.58. The molecule has 2 fully saturated rings. The van der Waals surface area contributed by atoms with Crippen LogP contribution in [-0.4, -0.2) is 70.1 Å². The molecule has 3 rings (SSSR count). The highest BCUT2D eigenvalue weighted by molar-refractivity contribution is 5.87. The van der Waals surface area contributed by atoms with E-state index in [1.165, 1.54) is 0 Å². The number of amides is 2. The molecule has 0 bridgehead atoms. The van der Waals surface area contributed by atoms with E-state index in [2.05, 4.69) is 15.2 Å². The van der Waals surface area contributed by atoms with Crippen LogP contribution in [0.5, 0.6) is 0 Å². The van der Waals surface area contributed by atoms with Crippen molar-refractivity contribution in [3.05, 3.63) is 11.6 Å². The molecule has 1 N–H and O–H groups in total. The second-order valence-electron chi connectivity index (χ2n) is 5.93. The summed E-state index contributed by atoms with van der Waals surface area (Å²) in [5.41, 5.74) is 0. The molecule has 2 atom stereocenters. The van der Waals surface area contributed by atoms with Gasteiger partial charge in [0.25, 0.3) is 0 Å². The third kappa shape index (κ3) is 2.96. The highest BCUT2D eigenvalue weighted by atomic mass is 16.5. The number of nitrogens with one attached hydrogen (secondary N) is 1. The zero-order valence-electron chi connectivity index (χ0n) is 12.9. The summed E-state index contributed by atoms with van der Waals surface area (Å²) in [5.74, 6) is 1.18. The van der Waals surface area contributed by atoms with Crippen molar-refractivity contribution >= 4 is 11.8 Å². The number of carbonyl (C=O) groups is 2. The van der Waals surface area contributed by atoms with Crippen molar-refractivity contribution < 1.29 is 14.3 Å². The van der Waals surface area contributed by atoms with Gasteiger partial charge in [0.2, 0.25) is 11.8 Å². The van der Waals surface area contributed by atoms with Gasteiger partial charge in [0, 0.05) is 32.5 Å². The molecule has 2 saturated heterocycles. The van der Waals surface area contributed by atoms with Crippen LogP contribution >= 0.6 is 0 Å². The minimum absolute atomic E-state index is 0.0407. The Hall–Kier alpha value is -1.96. The van der Waals surface area contributed by atoms with Gasteiger partial charge in [-0.3, -0.25) is 14.7 Å². The summed E-state index contributed by atoms with van der Waals surface area (Å²) in [6.45, 7) is 3.93. The average molecular weight is 307 g/mol. The van der Waals surface area contributed by atoms with Crippen LogP contribution in [0.1, 0.15) is 30.6 Å². The maximum Gasteiger partial charge on any atom is 0.226 e. The van der Waals surface area contributed by atoms with Crippen LogP contribution in [0.15, 0.2) is 0 Å². The van der Waals surface area contributed by atoms with Crippen LogP contribution < -0.4 is 0 Å². The summed E-state index contributed by atoms with van der Waals surface area (Å²) >= 11 is 0. The number of likely N-dealkylation sites (tertiary alicyclic amines) is 1. The molecule has 0 aliphatic carbocycles. The van der Waals surface area contributed by atoms with Crippen LogP contribution in [-0.2, 0) is 14.3 Å². The summed E-state index contributed by atoms with van der Waals surface area (Å²) in [6.07, 6.45) is 0.726. The SMILES string of the molecule is Cc1nc([C@@H]2CN(C(=O)[C@H]3CCN(C)C(=O)C3)CCO2)n[nH]1. The van der Waals surface area contributed by atoms with Crippen molar-refractivity contribution in [3.8, 4) is 0 Å². The molecule has 0 aromatic carbocycles. The summed E-state index contributed by atoms with van der Waals surface area (Å²) in [4.78, 5) is 32.2. The molecule has 0 saturated carbocycles. The zero-order chi connectivity index (χ0) is 15.7. The number of H-pyrrole nitrogens is 1. The second kappa shape index (κ2) is 6.04. The lowest BCUT2D eigenvalue weighted by atomic mass is 9.94. The Labute approximate surface area is 128 Å². The van der Waals surface area contributed by atoms with Gasteiger partial charge in [0.15, 0.2) is 5.82 Å². The number of aromatic amines is 1. The number of morpholine rings is 1. The number of ether oxygens (including phenoxy) is 1. The maximum absolute atomic E-state index is 12.6. The average Bonchev–Trinajstić information content (AvgIpc) is 2.96. The minimum atomic E-state index is -0.301. The number of piperidine rings is 1. The predicted molar refractivity (Wildman–Crippen MR) is 76.8 cm³/mol. The molecule has 2 aliphatic rings. The van der Waals surface area contributed by atoms with E-state index in [1.54, 1.807) is 16.8 Å². The standard InChI is InChI=1S/C14H21N5O3/c1-9-15-13(17-16-9)11-8-19(5-6-22-11)14(21)10-3-4-18(2)12(20)7-10/h10-11H,3-8H2,1-2H3,(H,15,16,17)/t10-,11-/m0/s1. The lowest BCUT2D eigenvalue weighted by molar-refractivity contribution is -0.149. The Kier molecular flexibility index (Phi) is 4.10. The highest BCUT2D eigenvalue weighted by Crippen LogP contribution is 2.24. The van der Waals surface area contributed by atoms with Gasteiger partial charge in [-0.2, -0.15) is 5.10 Å². The molecule has 2 amide bonds. The normalized spacial score (nSPS) is 26.4. The van der Waals surface area contributed by atoms with Crippen molar-refractivity contribution in [2.45, 2.75) is 25.9 Å². The predicted octanol–water partition coefficient (Wildman–Crippen LogP) is -0.119. The fraction of sp³-hybridized carbons (Fsp3) is 0.714. The van der Waals surface area contributed by atoms with Gasteiger partial charge in [0.1, 0.15) is 11.9 Å². The van der Waals surface area contributed by atoms with Gasteiger partial charge < -0.3 is 14.5 Å². The first kappa shape index (κ1) is 15.0. The molecule has 8 heteroatoms. The molecule has 120 valence electrons. The number of aromatic nitrogens is 3. The van der Waals surface area contributed by atoms with E-state index in [4.69, 9.17) is 4.74 Å². The van der Waals surface area contributed by atoms with Crippen molar-refractivity contribution in [2.75, 3.05) is 33.3 Å². The summed E-state index contributed by atoms with van der Waals surface area (Å²) < 4.78 is 5.67. The van der Waals surface area contributed by atoms with E-state index in [-0.39, 0.29) is 23.8 Å². The quantitative estimate of drug-likeness (QED) is 0.822. The molecule has 0 spiro atoms. The third-order valence-corrected chi connectivity index (χ3v) is 4.29. The Morgan fingerprint density at radius 3 is 2.91 bits per heavy atom. The molecule has 22 heavy (non-hydrogen) atoms. The van der Waals surface area contributed by atoms with Gasteiger partial charge in [-0.1, -0.05) is 0 Å². The Morgan fingerprint density at radius 1 is 1.41 bits per heavy atom. The van der Waals surface area contributed by atoms with Crippen LogP contribution in [0.3, 0.4) is 0 Å². The largest absolute Gasteiger partial charge is 0.366 e. The van der Waals surface area contributed by atoms with Crippen LogP contribution in [0.25, 0.3) is 0 Å². The van der Waals surface area contributed by atoms with Gasteiger partial charge in [0.05, 0.1) is 13.2 Å². The van der Waals surface area contributed by atoms with Crippen LogP contribution in [0.4, 0.5) is 0 Å². The van der Waals surface area contributed by atoms with Crippen LogP contribution in [0.2, 0.25) is 0 Å². The van der Waals surface area contributed by atoms with Gasteiger partial charge in [-0.05, 0) is 13.3 Å². The molecule has 1 aromatic heterocycles. The zero-order valence-corrected chi connectivity index (χ0v) is 12.9. The maximum atomic E-state index is 12.6. The first-order chi connectivity index (χ1) is 10.5. The molecule has 2 aliphatic heterocycles. The Balaban J connectivity index is 1.64. The van der Waals surface area contributed by atoms with Crippen molar-refractivity contribution in [3.63, 3.8) is 0 Å². The number of hydrogen-bond donors (Lipinski definition) is 1. The van der Waals surface area contributed by atoms with Crippen molar-refractivity contribution in [1.29, 1.82) is 0 Å². The van der Waals surface area contributed by atoms with E-state index in [9.17, 15) is 9.59 Å².